The van der Waals surface area contributed by atoms with E-state index < -0.39 is 29.1 Å². The Balaban J connectivity index is 2.47. The van der Waals surface area contributed by atoms with E-state index in [0.29, 0.717) is 25.6 Å². The van der Waals surface area contributed by atoms with Crippen molar-refractivity contribution in [2.45, 2.75) is 20.3 Å². The minimum Gasteiger partial charge on any atom is -0.358 e. The zero-order valence-electron chi connectivity index (χ0n) is 12.2. The number of aromatic amines is 1. The first-order valence-corrected chi connectivity index (χ1v) is 6.90. The molecule has 0 aliphatic heterocycles. The minimum atomic E-state index is -1.62. The Morgan fingerprint density at radius 1 is 1.18 bits per heavy atom. The zero-order chi connectivity index (χ0) is 16.4. The predicted octanol–water partition coefficient (Wildman–Crippen LogP) is 3.03. The Labute approximate surface area is 124 Å². The van der Waals surface area contributed by atoms with Crippen molar-refractivity contribution in [3.8, 4) is 0 Å². The van der Waals surface area contributed by atoms with Crippen molar-refractivity contribution in [3.05, 3.63) is 35.3 Å². The Morgan fingerprint density at radius 2 is 1.86 bits per heavy atom. The molecule has 22 heavy (non-hydrogen) atoms. The van der Waals surface area contributed by atoms with Gasteiger partial charge in [-0.05, 0) is 19.4 Å². The van der Waals surface area contributed by atoms with Crippen LogP contribution in [0.4, 0.5) is 13.2 Å². The number of rotatable bonds is 5. The lowest BCUT2D eigenvalue weighted by Crippen LogP contribution is -2.36. The normalized spacial score (nSPS) is 11.0. The van der Waals surface area contributed by atoms with E-state index in [4.69, 9.17) is 0 Å². The molecular formula is C15H15F3N2O2. The lowest BCUT2D eigenvalue weighted by atomic mass is 10.1. The monoisotopic (exact) mass is 312 g/mol. The number of amides is 1. The highest BCUT2D eigenvalue weighted by Gasteiger charge is 2.26. The van der Waals surface area contributed by atoms with Crippen LogP contribution in [0.5, 0.6) is 0 Å². The summed E-state index contributed by atoms with van der Waals surface area (Å²) in [4.78, 5) is 28.1. The second-order valence-electron chi connectivity index (χ2n) is 4.83. The van der Waals surface area contributed by atoms with Gasteiger partial charge >= 0.3 is 0 Å². The molecule has 118 valence electrons. The average molecular weight is 312 g/mol. The molecule has 0 spiro atoms. The number of hydrogen-bond acceptors (Lipinski definition) is 2. The van der Waals surface area contributed by atoms with Crippen molar-refractivity contribution >= 4 is 22.6 Å². The molecule has 0 saturated carbocycles. The van der Waals surface area contributed by atoms with Crippen LogP contribution in [0.1, 0.15) is 30.6 Å². The highest BCUT2D eigenvalue weighted by atomic mass is 19.2. The third kappa shape index (κ3) is 2.58. The molecule has 2 rings (SSSR count). The summed E-state index contributed by atoms with van der Waals surface area (Å²) in [6.07, 6.45) is 1.77. The number of H-pyrrole nitrogens is 1. The molecule has 2 aromatic rings. The van der Waals surface area contributed by atoms with Crippen molar-refractivity contribution in [2.75, 3.05) is 13.1 Å². The maximum Gasteiger partial charge on any atom is 0.295 e. The number of hydrogen-bond donors (Lipinski definition) is 1. The number of benzene rings is 1. The van der Waals surface area contributed by atoms with Gasteiger partial charge in [-0.25, -0.2) is 13.2 Å². The van der Waals surface area contributed by atoms with E-state index in [2.05, 4.69) is 4.98 Å². The van der Waals surface area contributed by atoms with Crippen LogP contribution in [0.2, 0.25) is 0 Å². The lowest BCUT2D eigenvalue weighted by molar-refractivity contribution is -0.126. The standard InChI is InChI=1S/C15H15F3N2O2/c1-3-5-20(4-2)15(22)14(21)9-7-19-13-8(9)6-10(16)11(17)12(13)18/h6-7,19H,3-5H2,1-2H3. The van der Waals surface area contributed by atoms with Gasteiger partial charge in [-0.2, -0.15) is 0 Å². The van der Waals surface area contributed by atoms with Crippen molar-refractivity contribution in [3.63, 3.8) is 0 Å². The summed E-state index contributed by atoms with van der Waals surface area (Å²) < 4.78 is 40.2. The summed E-state index contributed by atoms with van der Waals surface area (Å²) in [5.74, 6) is -6.09. The van der Waals surface area contributed by atoms with Crippen LogP contribution in [-0.2, 0) is 4.79 Å². The number of nitrogens with one attached hydrogen (secondary N) is 1. The first-order chi connectivity index (χ1) is 10.4. The first-order valence-electron chi connectivity index (χ1n) is 6.90. The average Bonchev–Trinajstić information content (AvgIpc) is 2.92. The van der Waals surface area contributed by atoms with Crippen LogP contribution in [-0.4, -0.2) is 34.7 Å². The van der Waals surface area contributed by atoms with Gasteiger partial charge in [0.2, 0.25) is 0 Å². The van der Waals surface area contributed by atoms with Gasteiger partial charge in [-0.15, -0.1) is 0 Å². The van der Waals surface area contributed by atoms with Crippen molar-refractivity contribution in [1.82, 2.24) is 9.88 Å². The molecule has 0 radical (unpaired) electrons. The first kappa shape index (κ1) is 16.1. The largest absolute Gasteiger partial charge is 0.358 e. The topological polar surface area (TPSA) is 53.2 Å². The maximum absolute atomic E-state index is 13.6. The fourth-order valence-corrected chi connectivity index (χ4v) is 2.29. The number of carbonyl (C=O) groups excluding carboxylic acids is 2. The quantitative estimate of drug-likeness (QED) is 0.524. The number of likely N-dealkylation sites (N-methyl/N-ethyl adjacent to an activating group) is 1. The summed E-state index contributed by atoms with van der Waals surface area (Å²) in [5.41, 5.74) is -0.513. The van der Waals surface area contributed by atoms with E-state index >= 15 is 0 Å². The number of aromatic nitrogens is 1. The molecule has 0 saturated heterocycles. The van der Waals surface area contributed by atoms with E-state index in [-0.39, 0.29) is 16.5 Å². The summed E-state index contributed by atoms with van der Waals surface area (Å²) in [7, 11) is 0. The molecule has 7 heteroatoms. The van der Waals surface area contributed by atoms with Gasteiger partial charge in [-0.3, -0.25) is 9.59 Å². The molecule has 0 bridgehead atoms. The third-order valence-electron chi connectivity index (χ3n) is 3.41. The van der Waals surface area contributed by atoms with Crippen molar-refractivity contribution in [1.29, 1.82) is 0 Å². The van der Waals surface area contributed by atoms with Crippen LogP contribution in [0.3, 0.4) is 0 Å². The fraction of sp³-hybridized carbons (Fsp3) is 0.333. The van der Waals surface area contributed by atoms with Crippen molar-refractivity contribution < 1.29 is 22.8 Å². The Morgan fingerprint density at radius 3 is 2.45 bits per heavy atom. The van der Waals surface area contributed by atoms with Crippen LogP contribution < -0.4 is 0 Å². The molecule has 1 heterocycles. The van der Waals surface area contributed by atoms with Gasteiger partial charge in [0, 0.05) is 24.7 Å². The number of carbonyl (C=O) groups is 2. The van der Waals surface area contributed by atoms with E-state index in [0.717, 1.165) is 6.20 Å². The molecule has 0 aliphatic rings. The van der Waals surface area contributed by atoms with Gasteiger partial charge in [0.05, 0.1) is 11.1 Å². The van der Waals surface area contributed by atoms with Gasteiger partial charge < -0.3 is 9.88 Å². The fourth-order valence-electron chi connectivity index (χ4n) is 2.29. The van der Waals surface area contributed by atoms with Crippen molar-refractivity contribution in [2.24, 2.45) is 0 Å². The molecule has 0 aliphatic carbocycles. The molecule has 0 atom stereocenters. The number of fused-ring (bicyclic) bond motifs is 1. The second-order valence-corrected chi connectivity index (χ2v) is 4.83. The minimum absolute atomic E-state index is 0.151. The molecular weight excluding hydrogens is 297 g/mol. The highest BCUT2D eigenvalue weighted by Crippen LogP contribution is 2.25. The molecule has 1 aromatic carbocycles. The van der Waals surface area contributed by atoms with E-state index in [1.165, 1.54) is 4.90 Å². The highest BCUT2D eigenvalue weighted by molar-refractivity contribution is 6.44. The van der Waals surface area contributed by atoms with E-state index in [1.807, 2.05) is 6.92 Å². The van der Waals surface area contributed by atoms with Gasteiger partial charge in [0.25, 0.3) is 11.7 Å². The van der Waals surface area contributed by atoms with Gasteiger partial charge in [0.1, 0.15) is 0 Å². The molecule has 1 N–H and O–H groups in total. The molecule has 0 fully saturated rings. The number of Topliss-reactive ketones (excluding diaryl/α,β-unsaturated/α-hetero) is 1. The van der Waals surface area contributed by atoms with E-state index in [9.17, 15) is 22.8 Å². The summed E-state index contributed by atoms with van der Waals surface area (Å²) in [6, 6.07) is 0.709. The number of halogens is 3. The Hall–Kier alpha value is -2.31. The SMILES string of the molecule is CCCN(CC)C(=O)C(=O)c1c[nH]c2c(F)c(F)c(F)cc12. The van der Waals surface area contributed by atoms with E-state index in [1.54, 1.807) is 6.92 Å². The molecule has 1 aromatic heterocycles. The number of ketones is 1. The number of nitrogens with zero attached hydrogens (tertiary/aromatic N) is 1. The molecule has 1 amide bonds. The smallest absolute Gasteiger partial charge is 0.295 e. The summed E-state index contributed by atoms with van der Waals surface area (Å²) >= 11 is 0. The summed E-state index contributed by atoms with van der Waals surface area (Å²) in [6.45, 7) is 4.34. The predicted molar refractivity (Wildman–Crippen MR) is 75.0 cm³/mol. The van der Waals surface area contributed by atoms with Crippen LogP contribution in [0.15, 0.2) is 12.3 Å². The van der Waals surface area contributed by atoms with Crippen LogP contribution in [0.25, 0.3) is 10.9 Å². The molecule has 4 nitrogen and oxygen atoms in total. The van der Waals surface area contributed by atoms with Crippen LogP contribution >= 0.6 is 0 Å². The van der Waals surface area contributed by atoms with Gasteiger partial charge in [0.15, 0.2) is 17.5 Å². The summed E-state index contributed by atoms with van der Waals surface area (Å²) in [5, 5.41) is -0.151. The van der Waals surface area contributed by atoms with Crippen LogP contribution in [0, 0.1) is 17.5 Å². The zero-order valence-corrected chi connectivity index (χ0v) is 12.2. The third-order valence-corrected chi connectivity index (χ3v) is 3.41. The Kier molecular flexibility index (Phi) is 4.54. The Bertz CT molecular complexity index is 740. The lowest BCUT2D eigenvalue weighted by Gasteiger charge is -2.18. The van der Waals surface area contributed by atoms with Gasteiger partial charge in [-0.1, -0.05) is 6.92 Å². The molecule has 0 unspecified atom stereocenters. The second kappa shape index (κ2) is 6.21. The maximum atomic E-state index is 13.6.